The quantitative estimate of drug-likeness (QED) is 0.536. The van der Waals surface area contributed by atoms with Gasteiger partial charge in [-0.3, -0.25) is 4.79 Å². The monoisotopic (exact) mass is 203 g/mol. The van der Waals surface area contributed by atoms with Crippen LogP contribution in [0.4, 0.5) is 0 Å². The summed E-state index contributed by atoms with van der Waals surface area (Å²) in [6.45, 7) is 1.97. The Balaban J connectivity index is 2.68. The molecule has 0 spiro atoms. The Morgan fingerprint density at radius 2 is 2.31 bits per heavy atom. The van der Waals surface area contributed by atoms with E-state index in [1.807, 2.05) is 0 Å². The average Bonchev–Trinajstić information content (AvgIpc) is 2.51. The van der Waals surface area contributed by atoms with Crippen LogP contribution in [0.25, 0.3) is 0 Å². The summed E-state index contributed by atoms with van der Waals surface area (Å²) in [6.07, 6.45) is 0.863. The number of amides is 1. The van der Waals surface area contributed by atoms with Crippen LogP contribution in [0, 0.1) is 0 Å². The number of ether oxygens (including phenoxy) is 1. The molecule has 0 atom stereocenters. The van der Waals surface area contributed by atoms with E-state index in [9.17, 15) is 9.59 Å². The first-order valence-corrected chi connectivity index (χ1v) is 4.38. The van der Waals surface area contributed by atoms with Crippen molar-refractivity contribution in [1.82, 2.24) is 5.32 Å². The van der Waals surface area contributed by atoms with E-state index in [1.54, 1.807) is 6.92 Å². The lowest BCUT2D eigenvalue weighted by atomic mass is 10.3. The van der Waals surface area contributed by atoms with Crippen molar-refractivity contribution in [2.75, 3.05) is 6.61 Å². The van der Waals surface area contributed by atoms with Crippen LogP contribution < -0.4 is 5.32 Å². The molecule has 1 saturated heterocycles. The van der Waals surface area contributed by atoms with Gasteiger partial charge in [0.25, 0.3) is 0 Å². The van der Waals surface area contributed by atoms with Gasteiger partial charge in [-0.2, -0.15) is 0 Å². The molecule has 0 aliphatic carbocycles. The van der Waals surface area contributed by atoms with Crippen molar-refractivity contribution >= 4 is 23.5 Å². The van der Waals surface area contributed by atoms with Crippen LogP contribution in [0.5, 0.6) is 0 Å². The van der Waals surface area contributed by atoms with E-state index in [2.05, 4.69) is 10.1 Å². The minimum Gasteiger partial charge on any atom is -0.462 e. The van der Waals surface area contributed by atoms with Crippen molar-refractivity contribution in [3.05, 3.63) is 10.7 Å². The number of esters is 1. The molecule has 1 N–H and O–H groups in total. The molecule has 72 valence electrons. The van der Waals surface area contributed by atoms with Gasteiger partial charge in [-0.15, -0.1) is 0 Å². The molecule has 13 heavy (non-hydrogen) atoms. The number of halogens is 1. The van der Waals surface area contributed by atoms with Gasteiger partial charge in [-0.1, -0.05) is 11.6 Å². The van der Waals surface area contributed by atoms with Crippen molar-refractivity contribution in [3.63, 3.8) is 0 Å². The Hall–Kier alpha value is -1.03. The van der Waals surface area contributed by atoms with Gasteiger partial charge in [0.05, 0.1) is 6.61 Å². The smallest absolute Gasteiger partial charge is 0.351 e. The second kappa shape index (κ2) is 4.28. The zero-order valence-corrected chi connectivity index (χ0v) is 7.98. The van der Waals surface area contributed by atoms with Gasteiger partial charge in [-0.05, 0) is 13.3 Å². The molecule has 1 aliphatic heterocycles. The highest BCUT2D eigenvalue weighted by Crippen LogP contribution is 2.18. The lowest BCUT2D eigenvalue weighted by Crippen LogP contribution is -2.16. The van der Waals surface area contributed by atoms with Gasteiger partial charge in [0.1, 0.15) is 5.03 Å². The van der Waals surface area contributed by atoms with E-state index < -0.39 is 5.97 Å². The number of hydrogen-bond donors (Lipinski definition) is 1. The Morgan fingerprint density at radius 1 is 1.62 bits per heavy atom. The number of hydrogen-bond acceptors (Lipinski definition) is 3. The number of rotatable bonds is 2. The van der Waals surface area contributed by atoms with E-state index >= 15 is 0 Å². The lowest BCUT2D eigenvalue weighted by molar-refractivity contribution is -0.137. The van der Waals surface area contributed by atoms with E-state index in [0.717, 1.165) is 0 Å². The zero-order valence-electron chi connectivity index (χ0n) is 7.22. The van der Waals surface area contributed by atoms with Crippen LogP contribution in [0.15, 0.2) is 10.7 Å². The van der Waals surface area contributed by atoms with Crippen molar-refractivity contribution in [1.29, 1.82) is 0 Å². The van der Waals surface area contributed by atoms with Crippen molar-refractivity contribution < 1.29 is 14.3 Å². The Labute approximate surface area is 80.9 Å². The molecule has 5 heteroatoms. The van der Waals surface area contributed by atoms with Gasteiger partial charge in [0.15, 0.2) is 0 Å². The van der Waals surface area contributed by atoms with Crippen molar-refractivity contribution in [3.8, 4) is 0 Å². The van der Waals surface area contributed by atoms with Crippen LogP contribution in [-0.4, -0.2) is 18.5 Å². The maximum absolute atomic E-state index is 11.1. The lowest BCUT2D eigenvalue weighted by Gasteiger charge is -2.02. The third kappa shape index (κ3) is 2.45. The Kier molecular flexibility index (Phi) is 3.31. The molecule has 1 fully saturated rings. The van der Waals surface area contributed by atoms with Crippen LogP contribution >= 0.6 is 11.6 Å². The Bertz CT molecular complexity index is 273. The second-order valence-corrected chi connectivity index (χ2v) is 2.94. The number of allylic oxidation sites excluding steroid dienone is 1. The van der Waals surface area contributed by atoms with Gasteiger partial charge < -0.3 is 10.1 Å². The third-order valence-corrected chi connectivity index (χ3v) is 1.99. The standard InChI is InChI=1S/C8H10ClNO3/c1-2-13-8(12)7(9)5-3-4-6(11)10-5/h2-4H2,1H3,(H,10,11). The number of carbonyl (C=O) groups excluding carboxylic acids is 2. The highest BCUT2D eigenvalue weighted by molar-refractivity contribution is 6.41. The molecule has 0 aromatic carbocycles. The fourth-order valence-corrected chi connectivity index (χ4v) is 1.21. The zero-order chi connectivity index (χ0) is 9.84. The fourth-order valence-electron chi connectivity index (χ4n) is 1.01. The minimum atomic E-state index is -0.582. The maximum Gasteiger partial charge on any atom is 0.351 e. The first kappa shape index (κ1) is 10.1. The normalized spacial score (nSPS) is 19.7. The van der Waals surface area contributed by atoms with E-state index in [1.165, 1.54) is 0 Å². The van der Waals surface area contributed by atoms with E-state index in [-0.39, 0.29) is 17.5 Å². The number of carbonyl (C=O) groups is 2. The summed E-state index contributed by atoms with van der Waals surface area (Å²) in [7, 11) is 0. The van der Waals surface area contributed by atoms with E-state index in [4.69, 9.17) is 11.6 Å². The largest absolute Gasteiger partial charge is 0.462 e. The first-order valence-electron chi connectivity index (χ1n) is 4.00. The predicted molar refractivity (Wildman–Crippen MR) is 46.9 cm³/mol. The Morgan fingerprint density at radius 3 is 2.77 bits per heavy atom. The fraction of sp³-hybridized carbons (Fsp3) is 0.500. The van der Waals surface area contributed by atoms with Crippen molar-refractivity contribution in [2.45, 2.75) is 19.8 Å². The minimum absolute atomic E-state index is 0.0206. The summed E-state index contributed by atoms with van der Waals surface area (Å²) in [5.41, 5.74) is 0.463. The number of nitrogens with one attached hydrogen (secondary N) is 1. The highest BCUT2D eigenvalue weighted by atomic mass is 35.5. The average molecular weight is 204 g/mol. The third-order valence-electron chi connectivity index (χ3n) is 1.61. The van der Waals surface area contributed by atoms with Gasteiger partial charge >= 0.3 is 5.97 Å². The summed E-state index contributed by atoms with van der Waals surface area (Å²) in [5, 5.41) is 2.48. The summed E-state index contributed by atoms with van der Waals surface area (Å²) in [4.78, 5) is 21.9. The molecule has 0 radical (unpaired) electrons. The molecule has 4 nitrogen and oxygen atoms in total. The molecule has 1 rings (SSSR count). The molecule has 0 unspecified atom stereocenters. The van der Waals surface area contributed by atoms with Crippen LogP contribution in [0.3, 0.4) is 0 Å². The summed E-state index contributed by atoms with van der Waals surface area (Å²) in [6, 6.07) is 0. The first-order chi connectivity index (χ1) is 6.15. The van der Waals surface area contributed by atoms with Crippen LogP contribution in [0.2, 0.25) is 0 Å². The summed E-state index contributed by atoms with van der Waals surface area (Å²) < 4.78 is 4.67. The molecular weight excluding hydrogens is 194 g/mol. The highest BCUT2D eigenvalue weighted by Gasteiger charge is 2.21. The predicted octanol–water partition coefficient (Wildman–Crippen LogP) is 0.910. The van der Waals surface area contributed by atoms with Crippen LogP contribution in [0.1, 0.15) is 19.8 Å². The maximum atomic E-state index is 11.1. The molecule has 1 heterocycles. The van der Waals surface area contributed by atoms with Crippen LogP contribution in [-0.2, 0) is 14.3 Å². The summed E-state index contributed by atoms with van der Waals surface area (Å²) in [5.74, 6) is -0.696. The molecule has 0 bridgehead atoms. The molecule has 0 aromatic rings. The molecule has 0 aromatic heterocycles. The molecule has 0 saturated carbocycles. The van der Waals surface area contributed by atoms with Gasteiger partial charge in [0, 0.05) is 12.1 Å². The van der Waals surface area contributed by atoms with Crippen molar-refractivity contribution in [2.24, 2.45) is 0 Å². The van der Waals surface area contributed by atoms with E-state index in [0.29, 0.717) is 18.5 Å². The molecule has 1 amide bonds. The molecular formula is C8H10ClNO3. The molecule has 1 aliphatic rings. The SMILES string of the molecule is CCOC(=O)C(Cl)=C1CCC(=O)N1. The van der Waals surface area contributed by atoms with Gasteiger partial charge in [-0.25, -0.2) is 4.79 Å². The topological polar surface area (TPSA) is 55.4 Å². The van der Waals surface area contributed by atoms with Gasteiger partial charge in [0.2, 0.25) is 5.91 Å². The summed E-state index contributed by atoms with van der Waals surface area (Å²) >= 11 is 5.67. The second-order valence-electron chi connectivity index (χ2n) is 2.56.